The largest absolute Gasteiger partial charge is 0.368 e. The molecule has 0 radical (unpaired) electrons. The summed E-state index contributed by atoms with van der Waals surface area (Å²) < 4.78 is 1.93. The van der Waals surface area contributed by atoms with E-state index in [-0.39, 0.29) is 0 Å². The summed E-state index contributed by atoms with van der Waals surface area (Å²) in [5.41, 5.74) is 2.72. The van der Waals surface area contributed by atoms with Crippen LogP contribution in [0.15, 0.2) is 18.5 Å². The molecule has 2 aromatic rings. The zero-order valence-electron chi connectivity index (χ0n) is 12.0. The standard InChI is InChI=1S/C15H22N4/c1-4-15(5-6-15)10-17-14-13-9-12(11(2)3)18-19(13)8-7-16-14/h7-9,11H,4-6,10H2,1-3H3,(H,16,17). The number of anilines is 1. The molecule has 4 nitrogen and oxygen atoms in total. The Balaban J connectivity index is 1.86. The Labute approximate surface area is 114 Å². The van der Waals surface area contributed by atoms with E-state index in [1.807, 2.05) is 16.9 Å². The van der Waals surface area contributed by atoms with Crippen LogP contribution in [-0.2, 0) is 0 Å². The highest BCUT2D eigenvalue weighted by Gasteiger charge is 2.40. The molecule has 102 valence electrons. The van der Waals surface area contributed by atoms with Crippen LogP contribution in [0.3, 0.4) is 0 Å². The van der Waals surface area contributed by atoms with Gasteiger partial charge in [-0.25, -0.2) is 9.50 Å². The Morgan fingerprint density at radius 1 is 1.42 bits per heavy atom. The van der Waals surface area contributed by atoms with Gasteiger partial charge in [0.2, 0.25) is 0 Å². The van der Waals surface area contributed by atoms with Crippen LogP contribution in [-0.4, -0.2) is 21.1 Å². The summed E-state index contributed by atoms with van der Waals surface area (Å²) in [4.78, 5) is 4.47. The highest BCUT2D eigenvalue weighted by molar-refractivity contribution is 5.68. The normalized spacial score (nSPS) is 17.1. The summed E-state index contributed by atoms with van der Waals surface area (Å²) in [6, 6.07) is 2.14. The molecule has 0 bridgehead atoms. The van der Waals surface area contributed by atoms with E-state index in [4.69, 9.17) is 0 Å². The van der Waals surface area contributed by atoms with Gasteiger partial charge >= 0.3 is 0 Å². The van der Waals surface area contributed by atoms with Crippen LogP contribution in [0, 0.1) is 5.41 Å². The molecule has 3 rings (SSSR count). The van der Waals surface area contributed by atoms with Gasteiger partial charge in [-0.2, -0.15) is 5.10 Å². The van der Waals surface area contributed by atoms with Crippen LogP contribution in [0.4, 0.5) is 5.82 Å². The summed E-state index contributed by atoms with van der Waals surface area (Å²) in [5.74, 6) is 1.40. The molecule has 0 aliphatic heterocycles. The van der Waals surface area contributed by atoms with E-state index in [1.165, 1.54) is 19.3 Å². The summed E-state index contributed by atoms with van der Waals surface area (Å²) >= 11 is 0. The van der Waals surface area contributed by atoms with Gasteiger partial charge in [0.1, 0.15) is 5.52 Å². The van der Waals surface area contributed by atoms with Gasteiger partial charge < -0.3 is 5.32 Å². The topological polar surface area (TPSA) is 42.2 Å². The molecule has 2 heterocycles. The average Bonchev–Trinajstić information content (AvgIpc) is 3.05. The van der Waals surface area contributed by atoms with Crippen LogP contribution in [0.25, 0.3) is 5.52 Å². The molecule has 1 aliphatic rings. The third kappa shape index (κ3) is 2.31. The Morgan fingerprint density at radius 3 is 2.84 bits per heavy atom. The molecule has 0 atom stereocenters. The van der Waals surface area contributed by atoms with Crippen molar-refractivity contribution in [1.82, 2.24) is 14.6 Å². The second-order valence-corrected chi connectivity index (χ2v) is 6.04. The lowest BCUT2D eigenvalue weighted by atomic mass is 10.0. The maximum absolute atomic E-state index is 4.59. The van der Waals surface area contributed by atoms with Gasteiger partial charge in [0.05, 0.1) is 5.69 Å². The maximum atomic E-state index is 4.59. The number of nitrogens with zero attached hydrogens (tertiary/aromatic N) is 3. The first kappa shape index (κ1) is 12.5. The lowest BCUT2D eigenvalue weighted by Crippen LogP contribution is -2.15. The van der Waals surface area contributed by atoms with Crippen molar-refractivity contribution in [3.63, 3.8) is 0 Å². The number of aromatic nitrogens is 3. The molecule has 1 N–H and O–H groups in total. The maximum Gasteiger partial charge on any atom is 0.152 e. The molecule has 19 heavy (non-hydrogen) atoms. The van der Waals surface area contributed by atoms with Gasteiger partial charge in [0.15, 0.2) is 5.82 Å². The molecule has 1 saturated carbocycles. The molecule has 4 heteroatoms. The van der Waals surface area contributed by atoms with E-state index in [0.717, 1.165) is 23.6 Å². The fourth-order valence-electron chi connectivity index (χ4n) is 2.46. The summed E-state index contributed by atoms with van der Waals surface area (Å²) in [5, 5.41) is 8.11. The average molecular weight is 258 g/mol. The van der Waals surface area contributed by atoms with Crippen LogP contribution in [0.2, 0.25) is 0 Å². The van der Waals surface area contributed by atoms with Gasteiger partial charge in [0.25, 0.3) is 0 Å². The number of rotatable bonds is 5. The third-order valence-electron chi connectivity index (χ3n) is 4.34. The molecule has 0 unspecified atom stereocenters. The molecule has 1 aliphatic carbocycles. The predicted octanol–water partition coefficient (Wildman–Crippen LogP) is 3.45. The minimum atomic E-state index is 0.443. The minimum Gasteiger partial charge on any atom is -0.368 e. The Kier molecular flexibility index (Phi) is 2.96. The van der Waals surface area contributed by atoms with Crippen molar-refractivity contribution in [2.75, 3.05) is 11.9 Å². The summed E-state index contributed by atoms with van der Waals surface area (Å²) in [7, 11) is 0. The fourth-order valence-corrected chi connectivity index (χ4v) is 2.46. The zero-order valence-corrected chi connectivity index (χ0v) is 12.0. The monoisotopic (exact) mass is 258 g/mol. The second kappa shape index (κ2) is 4.51. The van der Waals surface area contributed by atoms with Crippen molar-refractivity contribution in [1.29, 1.82) is 0 Å². The number of nitrogens with one attached hydrogen (secondary N) is 1. The molecule has 1 fully saturated rings. The molecule has 0 aromatic carbocycles. The van der Waals surface area contributed by atoms with Gasteiger partial charge in [-0.05, 0) is 36.7 Å². The Bertz CT molecular complexity index is 581. The van der Waals surface area contributed by atoms with Crippen LogP contribution < -0.4 is 5.32 Å². The highest BCUT2D eigenvalue weighted by atomic mass is 15.2. The first-order valence-electron chi connectivity index (χ1n) is 7.22. The zero-order chi connectivity index (χ0) is 13.5. The lowest BCUT2D eigenvalue weighted by Gasteiger charge is -2.14. The Morgan fingerprint density at radius 2 is 2.21 bits per heavy atom. The molecular formula is C15H22N4. The first-order chi connectivity index (χ1) is 9.13. The van der Waals surface area contributed by atoms with Crippen molar-refractivity contribution < 1.29 is 0 Å². The molecular weight excluding hydrogens is 236 g/mol. The predicted molar refractivity (Wildman–Crippen MR) is 77.5 cm³/mol. The van der Waals surface area contributed by atoms with Crippen molar-refractivity contribution in [3.05, 3.63) is 24.2 Å². The fraction of sp³-hybridized carbons (Fsp3) is 0.600. The van der Waals surface area contributed by atoms with E-state index in [1.54, 1.807) is 0 Å². The van der Waals surface area contributed by atoms with Gasteiger partial charge in [-0.15, -0.1) is 0 Å². The van der Waals surface area contributed by atoms with E-state index in [0.29, 0.717) is 11.3 Å². The van der Waals surface area contributed by atoms with E-state index in [2.05, 4.69) is 42.2 Å². The van der Waals surface area contributed by atoms with Gasteiger partial charge in [-0.3, -0.25) is 0 Å². The minimum absolute atomic E-state index is 0.443. The van der Waals surface area contributed by atoms with Gasteiger partial charge in [0, 0.05) is 18.9 Å². The van der Waals surface area contributed by atoms with E-state index < -0.39 is 0 Å². The second-order valence-electron chi connectivity index (χ2n) is 6.04. The number of hydrogen-bond acceptors (Lipinski definition) is 3. The van der Waals surface area contributed by atoms with Crippen molar-refractivity contribution in [2.24, 2.45) is 5.41 Å². The molecule has 0 spiro atoms. The van der Waals surface area contributed by atoms with Crippen LogP contribution >= 0.6 is 0 Å². The number of fused-ring (bicyclic) bond motifs is 1. The Hall–Kier alpha value is -1.58. The summed E-state index contributed by atoms with van der Waals surface area (Å²) in [6.07, 6.45) is 7.67. The van der Waals surface area contributed by atoms with Crippen LogP contribution in [0.1, 0.15) is 51.6 Å². The van der Waals surface area contributed by atoms with Crippen LogP contribution in [0.5, 0.6) is 0 Å². The van der Waals surface area contributed by atoms with Gasteiger partial charge in [-0.1, -0.05) is 20.8 Å². The van der Waals surface area contributed by atoms with Crippen molar-refractivity contribution >= 4 is 11.3 Å². The van der Waals surface area contributed by atoms with E-state index >= 15 is 0 Å². The molecule has 0 saturated heterocycles. The van der Waals surface area contributed by atoms with Crippen molar-refractivity contribution in [3.8, 4) is 0 Å². The summed E-state index contributed by atoms with van der Waals surface area (Å²) in [6.45, 7) is 7.63. The van der Waals surface area contributed by atoms with Crippen molar-refractivity contribution in [2.45, 2.75) is 46.0 Å². The quantitative estimate of drug-likeness (QED) is 0.893. The molecule has 0 amide bonds. The third-order valence-corrected chi connectivity index (χ3v) is 4.34. The first-order valence-corrected chi connectivity index (χ1v) is 7.22. The SMILES string of the molecule is CCC1(CNc2nccn3nc(C(C)C)cc23)CC1. The smallest absolute Gasteiger partial charge is 0.152 e. The molecule has 2 aromatic heterocycles. The highest BCUT2D eigenvalue weighted by Crippen LogP contribution is 2.48. The van der Waals surface area contributed by atoms with E-state index in [9.17, 15) is 0 Å². The lowest BCUT2D eigenvalue weighted by molar-refractivity contribution is 0.521. The number of hydrogen-bond donors (Lipinski definition) is 1.